The number of ether oxygens (including phenoxy) is 1. The number of nitrogens with one attached hydrogen (secondary N) is 1. The Morgan fingerprint density at radius 3 is 2.93 bits per heavy atom. The summed E-state index contributed by atoms with van der Waals surface area (Å²) in [7, 11) is -0.966. The van der Waals surface area contributed by atoms with Gasteiger partial charge in [-0.2, -0.15) is 0 Å². The molecule has 0 unspecified atom stereocenters. The minimum atomic E-state index is -1.77. The Bertz CT molecular complexity index is 703. The molecular weight excluding hydrogens is 351 g/mol. The van der Waals surface area contributed by atoms with E-state index in [0.29, 0.717) is 38.0 Å². The van der Waals surface area contributed by atoms with Crippen molar-refractivity contribution in [2.75, 3.05) is 19.6 Å². The van der Waals surface area contributed by atoms with Gasteiger partial charge in [-0.25, -0.2) is 0 Å². The molecule has 0 aromatic heterocycles. The largest absolute Gasteiger partial charge is 0.535 e. The van der Waals surface area contributed by atoms with Crippen LogP contribution in [0, 0.1) is 0 Å². The molecule has 2 fully saturated rings. The van der Waals surface area contributed by atoms with Gasteiger partial charge in [0.1, 0.15) is 17.6 Å². The fourth-order valence-corrected chi connectivity index (χ4v) is 3.95. The molecular formula is C18H25BN2O6. The van der Waals surface area contributed by atoms with Gasteiger partial charge >= 0.3 is 7.12 Å². The third kappa shape index (κ3) is 3.91. The average Bonchev–Trinajstić information content (AvgIpc) is 3.09. The number of aryl methyl sites for hydroxylation is 1. The van der Waals surface area contributed by atoms with Crippen LogP contribution in [0.2, 0.25) is 6.32 Å². The van der Waals surface area contributed by atoms with Gasteiger partial charge in [-0.3, -0.25) is 4.79 Å². The number of fused-ring (bicyclic) bond motifs is 1. The quantitative estimate of drug-likeness (QED) is 0.417. The van der Waals surface area contributed by atoms with Crippen molar-refractivity contribution in [2.45, 2.75) is 50.4 Å². The van der Waals surface area contributed by atoms with Crippen molar-refractivity contribution in [1.29, 1.82) is 0 Å². The number of amides is 1. The Labute approximate surface area is 158 Å². The lowest BCUT2D eigenvalue weighted by molar-refractivity contribution is -0.140. The molecule has 9 heteroatoms. The molecule has 1 aromatic rings. The monoisotopic (exact) mass is 376 g/mol. The summed E-state index contributed by atoms with van der Waals surface area (Å²) in [6, 6.07) is 3.79. The van der Waals surface area contributed by atoms with Crippen LogP contribution < -0.4 is 14.7 Å². The van der Waals surface area contributed by atoms with Gasteiger partial charge in [0, 0.05) is 12.5 Å². The van der Waals surface area contributed by atoms with Gasteiger partial charge in [-0.1, -0.05) is 6.07 Å². The Kier molecular flexibility index (Phi) is 5.27. The normalized spacial score (nSPS) is 22.4. The van der Waals surface area contributed by atoms with Crippen LogP contribution in [0.4, 0.5) is 0 Å². The predicted molar refractivity (Wildman–Crippen MR) is 97.4 cm³/mol. The average molecular weight is 376 g/mol. The van der Waals surface area contributed by atoms with E-state index in [-0.39, 0.29) is 29.4 Å². The van der Waals surface area contributed by atoms with Crippen molar-refractivity contribution >= 4 is 13.0 Å². The number of benzene rings is 1. The van der Waals surface area contributed by atoms with E-state index >= 15 is 0 Å². The Balaban J connectivity index is 1.39. The fourth-order valence-electron chi connectivity index (χ4n) is 3.95. The van der Waals surface area contributed by atoms with Gasteiger partial charge in [0.25, 0.3) is 0 Å². The fraction of sp³-hybridized carbons (Fsp3) is 0.611. The van der Waals surface area contributed by atoms with E-state index in [1.54, 1.807) is 11.0 Å². The molecule has 3 aliphatic rings. The molecule has 27 heavy (non-hydrogen) atoms. The first-order valence-electron chi connectivity index (χ1n) is 9.55. The van der Waals surface area contributed by atoms with Gasteiger partial charge in [0.05, 0.1) is 18.7 Å². The van der Waals surface area contributed by atoms with Crippen molar-refractivity contribution in [3.63, 3.8) is 0 Å². The summed E-state index contributed by atoms with van der Waals surface area (Å²) < 4.78 is 11.3. The van der Waals surface area contributed by atoms with Crippen LogP contribution in [0.1, 0.15) is 36.7 Å². The molecule has 0 aliphatic carbocycles. The molecule has 8 nitrogen and oxygen atoms in total. The SMILES string of the molecule is O=C(C[C@@H]1CCCN1)N1CC(Oc2ccc3c(c2C(O)O)OB(O)CC3)C1. The minimum absolute atomic E-state index is 0.119. The van der Waals surface area contributed by atoms with E-state index in [2.05, 4.69) is 5.32 Å². The van der Waals surface area contributed by atoms with Crippen molar-refractivity contribution < 1.29 is 29.4 Å². The molecule has 1 aromatic carbocycles. The van der Waals surface area contributed by atoms with Crippen molar-refractivity contribution in [3.8, 4) is 11.5 Å². The lowest BCUT2D eigenvalue weighted by atomic mass is 9.78. The topological polar surface area (TPSA) is 111 Å². The summed E-state index contributed by atoms with van der Waals surface area (Å²) in [6.45, 7) is 1.94. The third-order valence-corrected chi connectivity index (χ3v) is 5.49. The van der Waals surface area contributed by atoms with E-state index in [1.807, 2.05) is 6.07 Å². The summed E-state index contributed by atoms with van der Waals surface area (Å²) >= 11 is 0. The highest BCUT2D eigenvalue weighted by molar-refractivity contribution is 6.44. The lowest BCUT2D eigenvalue weighted by Crippen LogP contribution is -2.57. The maximum absolute atomic E-state index is 12.3. The van der Waals surface area contributed by atoms with Crippen LogP contribution in [0.3, 0.4) is 0 Å². The number of hydrogen-bond acceptors (Lipinski definition) is 7. The van der Waals surface area contributed by atoms with Gasteiger partial charge in [0.2, 0.25) is 5.91 Å². The van der Waals surface area contributed by atoms with E-state index in [9.17, 15) is 20.0 Å². The first-order chi connectivity index (χ1) is 13.0. The molecule has 4 N–H and O–H groups in total. The number of carbonyl (C=O) groups excluding carboxylic acids is 1. The van der Waals surface area contributed by atoms with Crippen LogP contribution in [0.25, 0.3) is 0 Å². The summed E-state index contributed by atoms with van der Waals surface area (Å²) in [4.78, 5) is 14.0. The highest BCUT2D eigenvalue weighted by Gasteiger charge is 2.35. The van der Waals surface area contributed by atoms with Gasteiger partial charge in [-0.05, 0) is 43.8 Å². The van der Waals surface area contributed by atoms with E-state index < -0.39 is 13.4 Å². The lowest BCUT2D eigenvalue weighted by Gasteiger charge is -2.40. The maximum atomic E-state index is 12.3. The van der Waals surface area contributed by atoms with Crippen LogP contribution in [0.15, 0.2) is 12.1 Å². The third-order valence-electron chi connectivity index (χ3n) is 5.49. The standard InChI is InChI=1S/C18H25BN2O6/c22-15(8-12-2-1-7-20-12)21-9-13(10-21)26-14-4-3-11-5-6-19(25)27-17(11)16(14)18(23)24/h3-4,12-13,18,20,23-25H,1-2,5-10H2/t12-/m0/s1. The number of aliphatic hydroxyl groups excluding tert-OH is 1. The van der Waals surface area contributed by atoms with Gasteiger partial charge in [0.15, 0.2) is 6.29 Å². The molecule has 0 radical (unpaired) electrons. The van der Waals surface area contributed by atoms with Crippen LogP contribution in [-0.2, 0) is 11.2 Å². The number of rotatable bonds is 5. The number of aliphatic hydroxyl groups is 2. The van der Waals surface area contributed by atoms with Crippen LogP contribution in [-0.4, -0.2) is 64.9 Å². The minimum Gasteiger partial charge on any atom is -0.535 e. The number of hydrogen-bond donors (Lipinski definition) is 4. The Morgan fingerprint density at radius 2 is 2.22 bits per heavy atom. The smallest absolute Gasteiger partial charge is 0.522 e. The summed E-state index contributed by atoms with van der Waals surface area (Å²) in [6.07, 6.45) is 1.75. The highest BCUT2D eigenvalue weighted by atomic mass is 16.5. The molecule has 4 rings (SSSR count). The van der Waals surface area contributed by atoms with E-state index in [1.165, 1.54) is 0 Å². The second kappa shape index (κ2) is 7.67. The highest BCUT2D eigenvalue weighted by Crippen LogP contribution is 2.40. The molecule has 0 spiro atoms. The number of likely N-dealkylation sites (tertiary alicyclic amines) is 1. The Hall–Kier alpha value is -1.81. The van der Waals surface area contributed by atoms with Crippen LogP contribution in [0.5, 0.6) is 11.5 Å². The number of nitrogens with zero attached hydrogens (tertiary/aromatic N) is 1. The zero-order chi connectivity index (χ0) is 19.0. The zero-order valence-electron chi connectivity index (χ0n) is 15.1. The summed E-state index contributed by atoms with van der Waals surface area (Å²) in [5.74, 6) is 0.710. The second-order valence-electron chi connectivity index (χ2n) is 7.49. The number of carbonyl (C=O) groups is 1. The molecule has 146 valence electrons. The molecule has 0 bridgehead atoms. The molecule has 1 atom stereocenters. The van der Waals surface area contributed by atoms with Crippen molar-refractivity contribution in [1.82, 2.24) is 10.2 Å². The first kappa shape index (κ1) is 18.6. The zero-order valence-corrected chi connectivity index (χ0v) is 15.1. The summed E-state index contributed by atoms with van der Waals surface area (Å²) in [5, 5.41) is 32.6. The Morgan fingerprint density at radius 1 is 1.41 bits per heavy atom. The predicted octanol–water partition coefficient (Wildman–Crippen LogP) is -0.183. The van der Waals surface area contributed by atoms with E-state index in [4.69, 9.17) is 9.39 Å². The van der Waals surface area contributed by atoms with Crippen molar-refractivity contribution in [3.05, 3.63) is 23.3 Å². The molecule has 3 heterocycles. The second-order valence-corrected chi connectivity index (χ2v) is 7.49. The molecule has 2 saturated heterocycles. The van der Waals surface area contributed by atoms with Crippen LogP contribution >= 0.6 is 0 Å². The summed E-state index contributed by atoms with van der Waals surface area (Å²) in [5.41, 5.74) is 0.941. The maximum Gasteiger partial charge on any atom is 0.522 e. The first-order valence-corrected chi connectivity index (χ1v) is 9.55. The van der Waals surface area contributed by atoms with Gasteiger partial charge in [-0.15, -0.1) is 0 Å². The van der Waals surface area contributed by atoms with Crippen molar-refractivity contribution in [2.24, 2.45) is 0 Å². The molecule has 1 amide bonds. The van der Waals surface area contributed by atoms with Gasteiger partial charge < -0.3 is 34.8 Å². The van der Waals surface area contributed by atoms with E-state index in [0.717, 1.165) is 24.9 Å². The molecule has 0 saturated carbocycles. The molecule has 3 aliphatic heterocycles.